The van der Waals surface area contributed by atoms with E-state index >= 15 is 0 Å². The predicted molar refractivity (Wildman–Crippen MR) is 104 cm³/mol. The minimum Gasteiger partial charge on any atom is -0.484 e. The van der Waals surface area contributed by atoms with Gasteiger partial charge in [0.2, 0.25) is 5.91 Å². The summed E-state index contributed by atoms with van der Waals surface area (Å²) in [5.41, 5.74) is 2.24. The second kappa shape index (κ2) is 9.43. The number of benzene rings is 2. The summed E-state index contributed by atoms with van der Waals surface area (Å²) < 4.78 is 11.0. The fourth-order valence-corrected chi connectivity index (χ4v) is 2.85. The van der Waals surface area contributed by atoms with Crippen LogP contribution >= 0.6 is 23.4 Å². The highest BCUT2D eigenvalue weighted by Crippen LogP contribution is 2.19. The molecule has 0 unspecified atom stereocenters. The Labute approximate surface area is 166 Å². The van der Waals surface area contributed by atoms with Crippen LogP contribution in [0.3, 0.4) is 0 Å². The van der Waals surface area contributed by atoms with E-state index in [0.717, 1.165) is 5.56 Å². The molecule has 0 aliphatic heterocycles. The van der Waals surface area contributed by atoms with E-state index in [1.165, 1.54) is 17.3 Å². The number of nitrogens with one attached hydrogen (secondary N) is 1. The summed E-state index contributed by atoms with van der Waals surface area (Å²) in [6.45, 7) is 2.66. The number of rotatable bonds is 8. The van der Waals surface area contributed by atoms with Gasteiger partial charge in [-0.25, -0.2) is 0 Å². The molecule has 1 amide bonds. The van der Waals surface area contributed by atoms with Gasteiger partial charge in [-0.1, -0.05) is 53.2 Å². The van der Waals surface area contributed by atoms with Gasteiger partial charge in [-0.3, -0.25) is 4.79 Å². The molecule has 0 aliphatic rings. The second-order valence-corrected chi connectivity index (χ2v) is 7.12. The predicted octanol–water partition coefficient (Wildman–Crippen LogP) is 4.02. The van der Waals surface area contributed by atoms with Crippen LogP contribution in [0.4, 0.5) is 0 Å². The van der Waals surface area contributed by atoms with E-state index in [1.807, 2.05) is 31.2 Å². The molecule has 0 spiro atoms. The van der Waals surface area contributed by atoms with Gasteiger partial charge in [0.15, 0.2) is 6.61 Å². The van der Waals surface area contributed by atoms with Crippen molar-refractivity contribution < 1.29 is 13.9 Å². The molecule has 3 rings (SSSR count). The van der Waals surface area contributed by atoms with E-state index in [-0.39, 0.29) is 18.3 Å². The molecule has 1 N–H and O–H groups in total. The third kappa shape index (κ3) is 6.30. The number of carbonyl (C=O) groups is 1. The Morgan fingerprint density at radius 3 is 2.63 bits per heavy atom. The molecule has 140 valence electrons. The fraction of sp³-hybridized carbons (Fsp3) is 0.211. The molecule has 2 aromatic carbocycles. The Balaban J connectivity index is 1.40. The lowest BCUT2D eigenvalue weighted by Crippen LogP contribution is -2.24. The molecule has 0 saturated carbocycles. The third-order valence-electron chi connectivity index (χ3n) is 3.56. The molecule has 0 saturated heterocycles. The quantitative estimate of drug-likeness (QED) is 0.572. The normalized spacial score (nSPS) is 10.6. The number of hydrogen-bond donors (Lipinski definition) is 1. The van der Waals surface area contributed by atoms with Crippen molar-refractivity contribution in [1.29, 1.82) is 0 Å². The van der Waals surface area contributed by atoms with Crippen molar-refractivity contribution in [2.24, 2.45) is 0 Å². The van der Waals surface area contributed by atoms with E-state index < -0.39 is 0 Å². The smallest absolute Gasteiger partial charge is 0.277 e. The molecule has 0 fully saturated rings. The Morgan fingerprint density at radius 2 is 1.89 bits per heavy atom. The maximum Gasteiger partial charge on any atom is 0.277 e. The van der Waals surface area contributed by atoms with Crippen LogP contribution in [-0.2, 0) is 17.9 Å². The summed E-state index contributed by atoms with van der Waals surface area (Å²) in [5, 5.41) is 11.6. The van der Waals surface area contributed by atoms with Crippen LogP contribution in [0.15, 0.2) is 58.2 Å². The standard InChI is InChI=1S/C19H18ClN3O3S/c1-13-2-4-14(5-3-13)10-21-17(24)12-27-19-23-22-18(26-19)11-25-16-8-6-15(20)7-9-16/h2-9H,10-12H2,1H3,(H,21,24). The first-order valence-corrected chi connectivity index (χ1v) is 9.60. The number of amides is 1. The minimum atomic E-state index is -0.0993. The molecular formula is C19H18ClN3O3S. The Kier molecular flexibility index (Phi) is 6.73. The zero-order valence-corrected chi connectivity index (χ0v) is 16.2. The number of thioether (sulfide) groups is 1. The summed E-state index contributed by atoms with van der Waals surface area (Å²) in [7, 11) is 0. The highest BCUT2D eigenvalue weighted by atomic mass is 35.5. The average molecular weight is 404 g/mol. The van der Waals surface area contributed by atoms with Crippen LogP contribution in [0.2, 0.25) is 5.02 Å². The lowest BCUT2D eigenvalue weighted by atomic mass is 10.1. The maximum absolute atomic E-state index is 11.9. The van der Waals surface area contributed by atoms with Gasteiger partial charge in [0.25, 0.3) is 11.1 Å². The van der Waals surface area contributed by atoms with Crippen molar-refractivity contribution in [2.45, 2.75) is 25.3 Å². The highest BCUT2D eigenvalue weighted by molar-refractivity contribution is 7.99. The van der Waals surface area contributed by atoms with Gasteiger partial charge in [-0.15, -0.1) is 10.2 Å². The van der Waals surface area contributed by atoms with E-state index in [4.69, 9.17) is 20.8 Å². The van der Waals surface area contributed by atoms with Crippen molar-refractivity contribution in [1.82, 2.24) is 15.5 Å². The lowest BCUT2D eigenvalue weighted by Gasteiger charge is -2.04. The van der Waals surface area contributed by atoms with Crippen LogP contribution < -0.4 is 10.1 Å². The van der Waals surface area contributed by atoms with Gasteiger partial charge in [0.05, 0.1) is 5.75 Å². The number of aryl methyl sites for hydroxylation is 1. The molecule has 6 nitrogen and oxygen atoms in total. The zero-order chi connectivity index (χ0) is 19.1. The number of hydrogen-bond acceptors (Lipinski definition) is 6. The lowest BCUT2D eigenvalue weighted by molar-refractivity contribution is -0.118. The van der Waals surface area contributed by atoms with Crippen LogP contribution in [0.1, 0.15) is 17.0 Å². The summed E-state index contributed by atoms with van der Waals surface area (Å²) in [6, 6.07) is 15.0. The largest absolute Gasteiger partial charge is 0.484 e. The topological polar surface area (TPSA) is 77.2 Å². The molecule has 1 aromatic heterocycles. The van der Waals surface area contributed by atoms with Crippen LogP contribution in [-0.4, -0.2) is 21.9 Å². The maximum atomic E-state index is 11.9. The number of ether oxygens (including phenoxy) is 1. The summed E-state index contributed by atoms with van der Waals surface area (Å²) in [6.07, 6.45) is 0. The molecule has 8 heteroatoms. The fourth-order valence-electron chi connectivity index (χ4n) is 2.12. The van der Waals surface area contributed by atoms with Crippen molar-refractivity contribution in [3.05, 3.63) is 70.6 Å². The first-order valence-electron chi connectivity index (χ1n) is 8.24. The van der Waals surface area contributed by atoms with Crippen molar-refractivity contribution >= 4 is 29.3 Å². The Bertz CT molecular complexity index is 882. The average Bonchev–Trinajstić information content (AvgIpc) is 3.13. The van der Waals surface area contributed by atoms with E-state index in [0.29, 0.717) is 28.4 Å². The molecular weight excluding hydrogens is 386 g/mol. The molecule has 27 heavy (non-hydrogen) atoms. The van der Waals surface area contributed by atoms with Gasteiger partial charge < -0.3 is 14.5 Å². The SMILES string of the molecule is Cc1ccc(CNC(=O)CSc2nnc(COc3ccc(Cl)cc3)o2)cc1. The number of halogens is 1. The second-order valence-electron chi connectivity index (χ2n) is 5.76. The number of aromatic nitrogens is 2. The van der Waals surface area contributed by atoms with Crippen LogP contribution in [0.25, 0.3) is 0 Å². The summed E-state index contributed by atoms with van der Waals surface area (Å²) in [4.78, 5) is 11.9. The van der Waals surface area contributed by atoms with E-state index in [1.54, 1.807) is 24.3 Å². The van der Waals surface area contributed by atoms with Crippen LogP contribution in [0, 0.1) is 6.92 Å². The van der Waals surface area contributed by atoms with Crippen molar-refractivity contribution in [2.75, 3.05) is 5.75 Å². The zero-order valence-electron chi connectivity index (χ0n) is 14.6. The van der Waals surface area contributed by atoms with Crippen molar-refractivity contribution in [3.63, 3.8) is 0 Å². The molecule has 0 bridgehead atoms. The molecule has 0 radical (unpaired) electrons. The first-order chi connectivity index (χ1) is 13.1. The van der Waals surface area contributed by atoms with Gasteiger partial charge in [0, 0.05) is 11.6 Å². The Morgan fingerprint density at radius 1 is 1.15 bits per heavy atom. The molecule has 0 atom stereocenters. The summed E-state index contributed by atoms with van der Waals surface area (Å²) in [5.74, 6) is 1.10. The molecule has 1 heterocycles. The Hall–Kier alpha value is -2.51. The molecule has 0 aliphatic carbocycles. The minimum absolute atomic E-state index is 0.0993. The highest BCUT2D eigenvalue weighted by Gasteiger charge is 2.10. The third-order valence-corrected chi connectivity index (χ3v) is 4.63. The number of carbonyl (C=O) groups excluding carboxylic acids is 1. The monoisotopic (exact) mass is 403 g/mol. The van der Waals surface area contributed by atoms with Crippen LogP contribution in [0.5, 0.6) is 5.75 Å². The van der Waals surface area contributed by atoms with E-state index in [9.17, 15) is 4.79 Å². The summed E-state index contributed by atoms with van der Waals surface area (Å²) >= 11 is 7.01. The van der Waals surface area contributed by atoms with Gasteiger partial charge >= 0.3 is 0 Å². The molecule has 3 aromatic rings. The number of nitrogens with zero attached hydrogens (tertiary/aromatic N) is 2. The van der Waals surface area contributed by atoms with E-state index in [2.05, 4.69) is 15.5 Å². The van der Waals surface area contributed by atoms with Crippen molar-refractivity contribution in [3.8, 4) is 5.75 Å². The first kappa shape index (κ1) is 19.3. The van der Waals surface area contributed by atoms with Gasteiger partial charge in [-0.05, 0) is 36.8 Å². The van der Waals surface area contributed by atoms with Gasteiger partial charge in [0.1, 0.15) is 5.75 Å². The van der Waals surface area contributed by atoms with Gasteiger partial charge in [-0.2, -0.15) is 0 Å².